The first kappa shape index (κ1) is 18.2. The summed E-state index contributed by atoms with van der Waals surface area (Å²) in [5, 5.41) is 10.8. The van der Waals surface area contributed by atoms with E-state index in [2.05, 4.69) is 15.5 Å². The summed E-state index contributed by atoms with van der Waals surface area (Å²) in [7, 11) is 0. The number of carbonyl (C=O) groups excluding carboxylic acids is 1. The molecule has 0 radical (unpaired) electrons. The third-order valence-corrected chi connectivity index (χ3v) is 4.74. The third-order valence-electron chi connectivity index (χ3n) is 3.38. The van der Waals surface area contributed by atoms with Crippen LogP contribution in [0.2, 0.25) is 0 Å². The highest BCUT2D eigenvalue weighted by molar-refractivity contribution is 7.15. The minimum Gasteiger partial charge on any atom is -0.346 e. The normalized spacial score (nSPS) is 11.4. The molecule has 0 saturated carbocycles. The Bertz CT molecular complexity index is 960. The zero-order valence-corrected chi connectivity index (χ0v) is 14.8. The van der Waals surface area contributed by atoms with Crippen LogP contribution in [0.25, 0.3) is 11.1 Å². The Hall–Kier alpha value is -2.64. The van der Waals surface area contributed by atoms with Gasteiger partial charge in [-0.15, -0.1) is 10.2 Å². The van der Waals surface area contributed by atoms with Crippen LogP contribution in [0.3, 0.4) is 0 Å². The molecule has 1 heterocycles. The highest BCUT2D eigenvalue weighted by atomic mass is 35.5. The van der Waals surface area contributed by atoms with Gasteiger partial charge in [0.15, 0.2) is 16.6 Å². The molecule has 2 aromatic carbocycles. The van der Waals surface area contributed by atoms with Gasteiger partial charge in [0.2, 0.25) is 5.01 Å². The van der Waals surface area contributed by atoms with E-state index in [9.17, 15) is 13.6 Å². The molecule has 1 N–H and O–H groups in total. The Labute approximate surface area is 157 Å². The molecule has 0 spiro atoms. The van der Waals surface area contributed by atoms with E-state index in [1.54, 1.807) is 0 Å². The fourth-order valence-electron chi connectivity index (χ4n) is 2.10. The second-order valence-corrected chi connectivity index (χ2v) is 6.60. The SMILES string of the molecule is O=C(NCc1ccccc1)c1nnc(C(Cl)=Cc2cccc(F)c2F)s1. The van der Waals surface area contributed by atoms with E-state index in [-0.39, 0.29) is 26.5 Å². The van der Waals surface area contributed by atoms with E-state index in [0.717, 1.165) is 23.0 Å². The van der Waals surface area contributed by atoms with Gasteiger partial charge in [-0.3, -0.25) is 4.79 Å². The summed E-state index contributed by atoms with van der Waals surface area (Å²) in [6.45, 7) is 0.354. The van der Waals surface area contributed by atoms with Crippen molar-refractivity contribution in [2.45, 2.75) is 6.54 Å². The van der Waals surface area contributed by atoms with Crippen LogP contribution in [0.4, 0.5) is 8.78 Å². The van der Waals surface area contributed by atoms with Crippen LogP contribution >= 0.6 is 22.9 Å². The van der Waals surface area contributed by atoms with Crippen LogP contribution in [0.5, 0.6) is 0 Å². The fourth-order valence-corrected chi connectivity index (χ4v) is 3.03. The van der Waals surface area contributed by atoms with Crippen LogP contribution < -0.4 is 5.32 Å². The van der Waals surface area contributed by atoms with Crippen molar-refractivity contribution in [2.24, 2.45) is 0 Å². The molecule has 0 aliphatic carbocycles. The molecule has 26 heavy (non-hydrogen) atoms. The minimum absolute atomic E-state index is 0.0136. The number of nitrogens with one attached hydrogen (secondary N) is 1. The largest absolute Gasteiger partial charge is 0.346 e. The highest BCUT2D eigenvalue weighted by Gasteiger charge is 2.15. The van der Waals surface area contributed by atoms with Crippen LogP contribution in [0.1, 0.15) is 25.9 Å². The van der Waals surface area contributed by atoms with E-state index in [0.29, 0.717) is 6.54 Å². The van der Waals surface area contributed by atoms with Crippen LogP contribution in [0.15, 0.2) is 48.5 Å². The highest BCUT2D eigenvalue weighted by Crippen LogP contribution is 2.26. The van der Waals surface area contributed by atoms with Gasteiger partial charge in [-0.2, -0.15) is 0 Å². The molecule has 1 amide bonds. The summed E-state index contributed by atoms with van der Waals surface area (Å²) in [5.74, 6) is -2.36. The smallest absolute Gasteiger partial charge is 0.282 e. The predicted octanol–water partition coefficient (Wildman–Crippen LogP) is 4.48. The predicted molar refractivity (Wildman–Crippen MR) is 97.6 cm³/mol. The quantitative estimate of drug-likeness (QED) is 0.697. The van der Waals surface area contributed by atoms with E-state index in [4.69, 9.17) is 11.6 Å². The second-order valence-electron chi connectivity index (χ2n) is 5.22. The molecule has 0 unspecified atom stereocenters. The summed E-state index contributed by atoms with van der Waals surface area (Å²) in [4.78, 5) is 12.1. The number of nitrogens with zero attached hydrogens (tertiary/aromatic N) is 2. The van der Waals surface area contributed by atoms with Gasteiger partial charge in [0.25, 0.3) is 5.91 Å². The maximum absolute atomic E-state index is 13.7. The summed E-state index contributed by atoms with van der Waals surface area (Å²) < 4.78 is 26.9. The number of halogens is 3. The molecule has 3 rings (SSSR count). The molecule has 0 aliphatic rings. The van der Waals surface area contributed by atoms with Gasteiger partial charge in [0.1, 0.15) is 0 Å². The van der Waals surface area contributed by atoms with Crippen molar-refractivity contribution in [2.75, 3.05) is 0 Å². The maximum Gasteiger partial charge on any atom is 0.282 e. The number of benzene rings is 2. The lowest BCUT2D eigenvalue weighted by molar-refractivity contribution is 0.0950. The summed E-state index contributed by atoms with van der Waals surface area (Å²) in [5.41, 5.74) is 0.936. The number of carbonyl (C=O) groups is 1. The third kappa shape index (κ3) is 4.30. The number of rotatable bonds is 5. The second kappa shape index (κ2) is 8.16. The van der Waals surface area contributed by atoms with Crippen molar-refractivity contribution >= 4 is 40.0 Å². The molecule has 4 nitrogen and oxygen atoms in total. The van der Waals surface area contributed by atoms with Gasteiger partial charge in [-0.05, 0) is 17.7 Å². The van der Waals surface area contributed by atoms with Gasteiger partial charge in [-0.1, -0.05) is 65.4 Å². The maximum atomic E-state index is 13.7. The molecule has 3 aromatic rings. The summed E-state index contributed by atoms with van der Waals surface area (Å²) >= 11 is 7.07. The monoisotopic (exact) mass is 391 g/mol. The van der Waals surface area contributed by atoms with E-state index in [1.807, 2.05) is 30.3 Å². The van der Waals surface area contributed by atoms with Gasteiger partial charge in [-0.25, -0.2) is 8.78 Å². The van der Waals surface area contributed by atoms with Gasteiger partial charge < -0.3 is 5.32 Å². The molecule has 0 bridgehead atoms. The van der Waals surface area contributed by atoms with Crippen molar-refractivity contribution in [3.63, 3.8) is 0 Å². The zero-order chi connectivity index (χ0) is 18.5. The molecular formula is C18H12ClF2N3OS. The Morgan fingerprint density at radius 2 is 1.81 bits per heavy atom. The molecule has 0 aliphatic heterocycles. The Morgan fingerprint density at radius 1 is 1.08 bits per heavy atom. The topological polar surface area (TPSA) is 54.9 Å². The van der Waals surface area contributed by atoms with Gasteiger partial charge in [0.05, 0.1) is 5.03 Å². The Balaban J connectivity index is 1.71. The minimum atomic E-state index is -1.00. The van der Waals surface area contributed by atoms with Crippen molar-refractivity contribution < 1.29 is 13.6 Å². The van der Waals surface area contributed by atoms with Crippen LogP contribution in [-0.4, -0.2) is 16.1 Å². The number of aromatic nitrogens is 2. The standard InChI is InChI=1S/C18H12ClF2N3OS/c19-13(9-12-7-4-8-14(20)15(12)21)17-23-24-18(26-17)16(25)22-10-11-5-2-1-3-6-11/h1-9H,10H2,(H,22,25). The van der Waals surface area contributed by atoms with Crippen molar-refractivity contribution in [3.8, 4) is 0 Å². The Morgan fingerprint density at radius 3 is 2.58 bits per heavy atom. The van der Waals surface area contributed by atoms with Crippen molar-refractivity contribution in [1.82, 2.24) is 15.5 Å². The lowest BCUT2D eigenvalue weighted by Gasteiger charge is -2.02. The van der Waals surface area contributed by atoms with Crippen LogP contribution in [0, 0.1) is 11.6 Å². The average molecular weight is 392 g/mol. The van der Waals surface area contributed by atoms with Gasteiger partial charge in [0, 0.05) is 12.1 Å². The van der Waals surface area contributed by atoms with Crippen LogP contribution in [-0.2, 0) is 6.54 Å². The summed E-state index contributed by atoms with van der Waals surface area (Å²) in [6.07, 6.45) is 1.24. The summed E-state index contributed by atoms with van der Waals surface area (Å²) in [6, 6.07) is 13.2. The average Bonchev–Trinajstić information content (AvgIpc) is 3.15. The van der Waals surface area contributed by atoms with E-state index >= 15 is 0 Å². The van der Waals surface area contributed by atoms with Crippen molar-refractivity contribution in [3.05, 3.63) is 81.3 Å². The van der Waals surface area contributed by atoms with E-state index in [1.165, 1.54) is 18.2 Å². The van der Waals surface area contributed by atoms with E-state index < -0.39 is 11.6 Å². The molecule has 0 atom stereocenters. The molecular weight excluding hydrogens is 380 g/mol. The van der Waals surface area contributed by atoms with Gasteiger partial charge >= 0.3 is 0 Å². The first-order valence-corrected chi connectivity index (χ1v) is 8.71. The first-order chi connectivity index (χ1) is 12.5. The molecule has 132 valence electrons. The molecule has 8 heteroatoms. The number of amides is 1. The number of hydrogen-bond donors (Lipinski definition) is 1. The number of hydrogen-bond acceptors (Lipinski definition) is 4. The lowest BCUT2D eigenvalue weighted by atomic mass is 10.2. The lowest BCUT2D eigenvalue weighted by Crippen LogP contribution is -2.22. The molecule has 1 aromatic heterocycles. The fraction of sp³-hybridized carbons (Fsp3) is 0.0556. The zero-order valence-electron chi connectivity index (χ0n) is 13.2. The molecule has 0 fully saturated rings. The molecule has 0 saturated heterocycles. The van der Waals surface area contributed by atoms with Crippen molar-refractivity contribution in [1.29, 1.82) is 0 Å². The Kier molecular flexibility index (Phi) is 5.70. The first-order valence-electron chi connectivity index (χ1n) is 7.52.